The van der Waals surface area contributed by atoms with Crippen molar-refractivity contribution in [2.75, 3.05) is 0 Å². The van der Waals surface area contributed by atoms with E-state index in [1.807, 2.05) is 24.5 Å². The molecule has 0 bridgehead atoms. The normalized spacial score (nSPS) is 13.8. The van der Waals surface area contributed by atoms with Gasteiger partial charge in [-0.05, 0) is 53.7 Å². The van der Waals surface area contributed by atoms with Gasteiger partial charge in [0, 0.05) is 30.4 Å². The number of aryl methyl sites for hydroxylation is 1. The molecule has 1 unspecified atom stereocenters. The number of carbonyl (C=O) groups excluding carboxylic acids is 1. The second kappa shape index (κ2) is 10.9. The largest absolute Gasteiger partial charge is 0.451 e. The summed E-state index contributed by atoms with van der Waals surface area (Å²) in [4.78, 5) is 17.5. The Morgan fingerprint density at radius 2 is 1.35 bits per heavy atom. The minimum absolute atomic E-state index is 0.333. The Morgan fingerprint density at radius 3 is 1.93 bits per heavy atom. The van der Waals surface area contributed by atoms with Gasteiger partial charge in [0.15, 0.2) is 6.10 Å². The number of hydrogen-bond donors (Lipinski definition) is 0. The van der Waals surface area contributed by atoms with Crippen molar-refractivity contribution >= 4 is 23.1 Å². The number of carbonyl (C=O) groups is 1. The van der Waals surface area contributed by atoms with Crippen LogP contribution in [0.15, 0.2) is 133 Å². The Bertz CT molecular complexity index is 1840. The average molecular weight is 564 g/mol. The van der Waals surface area contributed by atoms with Gasteiger partial charge in [-0.2, -0.15) is 0 Å². The van der Waals surface area contributed by atoms with Gasteiger partial charge in [-0.1, -0.05) is 109 Å². The molecule has 3 heterocycles. The molecule has 0 radical (unpaired) electrons. The van der Waals surface area contributed by atoms with Gasteiger partial charge in [-0.3, -0.25) is 4.79 Å². The Kier molecular flexibility index (Phi) is 6.78. The third-order valence-electron chi connectivity index (χ3n) is 8.69. The maximum Gasteiger partial charge on any atom is 0.303 e. The van der Waals surface area contributed by atoms with E-state index >= 15 is 0 Å². The number of para-hydroxylation sites is 1. The van der Waals surface area contributed by atoms with Gasteiger partial charge in [-0.25, -0.2) is 4.98 Å². The molecule has 4 aromatic carbocycles. The van der Waals surface area contributed by atoms with Crippen LogP contribution in [0.2, 0.25) is 0 Å². The van der Waals surface area contributed by atoms with Crippen molar-refractivity contribution < 1.29 is 9.53 Å². The zero-order valence-corrected chi connectivity index (χ0v) is 24.4. The van der Waals surface area contributed by atoms with Crippen LogP contribution in [-0.4, -0.2) is 20.1 Å². The average Bonchev–Trinajstić information content (AvgIpc) is 3.65. The fraction of sp³-hybridized carbons (Fsp3) is 0.158. The van der Waals surface area contributed by atoms with Crippen LogP contribution in [0.1, 0.15) is 53.1 Å². The Labute approximate surface area is 251 Å². The summed E-state index contributed by atoms with van der Waals surface area (Å²) in [6.07, 6.45) is 7.13. The highest BCUT2D eigenvalue weighted by atomic mass is 16.5. The van der Waals surface area contributed by atoms with Gasteiger partial charge in [-0.15, -0.1) is 0 Å². The lowest BCUT2D eigenvalue weighted by Crippen LogP contribution is -2.37. The molecule has 0 aliphatic carbocycles. The maximum absolute atomic E-state index is 12.5. The summed E-state index contributed by atoms with van der Waals surface area (Å²) in [5.41, 5.74) is 8.12. The minimum atomic E-state index is -0.697. The molecule has 0 spiro atoms. The molecule has 0 saturated heterocycles. The first-order chi connectivity index (χ1) is 21.1. The van der Waals surface area contributed by atoms with E-state index in [-0.39, 0.29) is 5.97 Å². The summed E-state index contributed by atoms with van der Waals surface area (Å²) in [5.74, 6) is -0.333. The lowest BCUT2D eigenvalue weighted by molar-refractivity contribution is -0.145. The lowest BCUT2D eigenvalue weighted by Gasteiger charge is -2.37. The zero-order valence-electron chi connectivity index (χ0n) is 24.4. The number of aromatic nitrogens is 3. The number of ether oxygens (including phenoxy) is 1. The third kappa shape index (κ3) is 4.49. The van der Waals surface area contributed by atoms with Gasteiger partial charge in [0.2, 0.25) is 0 Å². The highest BCUT2D eigenvalue weighted by molar-refractivity contribution is 5.87. The van der Waals surface area contributed by atoms with E-state index in [0.717, 1.165) is 40.6 Å². The van der Waals surface area contributed by atoms with Crippen LogP contribution in [0, 0.1) is 6.92 Å². The summed E-state index contributed by atoms with van der Waals surface area (Å²) < 4.78 is 10.5. The molecule has 7 rings (SSSR count). The topological polar surface area (TPSA) is 49.0 Å². The number of benzene rings is 4. The molecule has 0 saturated carbocycles. The summed E-state index contributed by atoms with van der Waals surface area (Å²) in [6, 6.07) is 40.0. The van der Waals surface area contributed by atoms with Crippen molar-refractivity contribution in [1.82, 2.24) is 14.1 Å². The van der Waals surface area contributed by atoms with Crippen molar-refractivity contribution in [3.63, 3.8) is 0 Å². The molecule has 0 N–H and O–H groups in total. The smallest absolute Gasteiger partial charge is 0.303 e. The second-order valence-electron chi connectivity index (χ2n) is 11.2. The van der Waals surface area contributed by atoms with E-state index in [4.69, 9.17) is 9.72 Å². The van der Waals surface area contributed by atoms with Crippen molar-refractivity contribution in [1.29, 1.82) is 0 Å². The monoisotopic (exact) mass is 563 g/mol. The zero-order chi connectivity index (χ0) is 29.4. The van der Waals surface area contributed by atoms with E-state index < -0.39 is 11.6 Å². The number of imidazole rings is 1. The number of nitrogens with zero attached hydrogens (tertiary/aromatic N) is 3. The molecule has 1 aliphatic heterocycles. The Morgan fingerprint density at radius 1 is 0.791 bits per heavy atom. The molecule has 0 amide bonds. The van der Waals surface area contributed by atoms with Crippen molar-refractivity contribution in [2.24, 2.45) is 0 Å². The molecular weight excluding hydrogens is 530 g/mol. The number of rotatable bonds is 7. The van der Waals surface area contributed by atoms with Gasteiger partial charge >= 0.3 is 5.97 Å². The van der Waals surface area contributed by atoms with Gasteiger partial charge < -0.3 is 13.9 Å². The first-order valence-electron chi connectivity index (χ1n) is 14.7. The van der Waals surface area contributed by atoms with E-state index in [9.17, 15) is 4.79 Å². The van der Waals surface area contributed by atoms with Crippen LogP contribution in [0.5, 0.6) is 0 Å². The Balaban J connectivity index is 1.41. The van der Waals surface area contributed by atoms with Crippen LogP contribution in [0.25, 0.3) is 17.1 Å². The lowest BCUT2D eigenvalue weighted by atomic mass is 9.76. The molecule has 2 aromatic heterocycles. The van der Waals surface area contributed by atoms with E-state index in [1.165, 1.54) is 23.6 Å². The third-order valence-corrected chi connectivity index (χ3v) is 8.69. The fourth-order valence-corrected chi connectivity index (χ4v) is 6.76. The maximum atomic E-state index is 12.5. The predicted octanol–water partition coefficient (Wildman–Crippen LogP) is 8.08. The molecule has 1 atom stereocenters. The summed E-state index contributed by atoms with van der Waals surface area (Å²) in [6.45, 7) is 3.66. The van der Waals surface area contributed by atoms with Crippen molar-refractivity contribution in [3.8, 4) is 0 Å². The van der Waals surface area contributed by atoms with E-state index in [0.29, 0.717) is 5.69 Å². The van der Waals surface area contributed by atoms with Crippen molar-refractivity contribution in [2.45, 2.75) is 38.3 Å². The number of hydrogen-bond acceptors (Lipinski definition) is 3. The summed E-state index contributed by atoms with van der Waals surface area (Å²) in [7, 11) is 0. The molecule has 212 valence electrons. The highest BCUT2D eigenvalue weighted by Crippen LogP contribution is 2.42. The molecule has 0 fully saturated rings. The first kappa shape index (κ1) is 26.7. The van der Waals surface area contributed by atoms with Gasteiger partial charge in [0.05, 0.1) is 11.8 Å². The summed E-state index contributed by atoms with van der Waals surface area (Å²) >= 11 is 0. The van der Waals surface area contributed by atoms with Gasteiger partial charge in [0.25, 0.3) is 0 Å². The molecule has 5 nitrogen and oxygen atoms in total. The SMILES string of the molecule is CC(=O)OC(C1=Cn2c(c(C)c3ccccc32)CC1)c1cn(C(c2ccccc2)(c2ccccc2)c2ccccc2)cn1. The molecule has 5 heteroatoms. The number of esters is 1. The van der Waals surface area contributed by atoms with Crippen LogP contribution in [-0.2, 0) is 21.5 Å². The number of fused-ring (bicyclic) bond motifs is 3. The standard InChI is InChI=1S/C38H33N3O2/c1-27-33-20-12-13-21-36(33)41-24-29(22-23-35(27)41)37(43-28(2)42)34-25-40(26-39-34)38(30-14-6-3-7-15-30,31-16-8-4-9-17-31)32-18-10-5-11-19-32/h3-21,24-26,37H,22-23H2,1-2H3. The van der Waals surface area contributed by atoms with E-state index in [1.54, 1.807) is 0 Å². The molecular formula is C38H33N3O2. The van der Waals surface area contributed by atoms with E-state index in [2.05, 4.69) is 126 Å². The van der Waals surface area contributed by atoms with Crippen LogP contribution in [0.4, 0.5) is 0 Å². The van der Waals surface area contributed by atoms with Crippen LogP contribution >= 0.6 is 0 Å². The quantitative estimate of drug-likeness (QED) is 0.146. The van der Waals surface area contributed by atoms with Gasteiger partial charge in [0.1, 0.15) is 11.2 Å². The second-order valence-corrected chi connectivity index (χ2v) is 11.2. The fourth-order valence-electron chi connectivity index (χ4n) is 6.76. The van der Waals surface area contributed by atoms with Crippen LogP contribution < -0.4 is 0 Å². The summed E-state index contributed by atoms with van der Waals surface area (Å²) in [5, 5.41) is 1.25. The first-order valence-corrected chi connectivity index (χ1v) is 14.7. The van der Waals surface area contributed by atoms with Crippen molar-refractivity contribution in [3.05, 3.63) is 167 Å². The highest BCUT2D eigenvalue weighted by Gasteiger charge is 2.39. The predicted molar refractivity (Wildman–Crippen MR) is 171 cm³/mol. The van der Waals surface area contributed by atoms with Crippen LogP contribution in [0.3, 0.4) is 0 Å². The molecule has 6 aromatic rings. The Hall–Kier alpha value is -5.16. The minimum Gasteiger partial charge on any atom is -0.451 e. The molecule has 43 heavy (non-hydrogen) atoms. The molecule has 1 aliphatic rings.